The van der Waals surface area contributed by atoms with Crippen LogP contribution in [0.2, 0.25) is 0 Å². The maximum absolute atomic E-state index is 13.6. The molecule has 1 saturated heterocycles. The van der Waals surface area contributed by atoms with Crippen LogP contribution >= 0.6 is 0 Å². The van der Waals surface area contributed by atoms with Gasteiger partial charge in [0, 0.05) is 38.3 Å². The summed E-state index contributed by atoms with van der Waals surface area (Å²) in [5, 5.41) is 7.19. The lowest BCUT2D eigenvalue weighted by atomic mass is 10.1. The summed E-state index contributed by atoms with van der Waals surface area (Å²) >= 11 is 0. The van der Waals surface area contributed by atoms with E-state index in [1.54, 1.807) is 24.2 Å². The minimum absolute atomic E-state index is 0.0826. The van der Waals surface area contributed by atoms with Crippen LogP contribution < -0.4 is 10.1 Å². The molecule has 1 unspecified atom stereocenters. The minimum Gasteiger partial charge on any atom is -0.496 e. The van der Waals surface area contributed by atoms with Crippen LogP contribution in [0, 0.1) is 5.82 Å². The molecule has 1 atom stereocenters. The largest absolute Gasteiger partial charge is 0.496 e. The Labute approximate surface area is 186 Å². The highest BCUT2D eigenvalue weighted by atomic mass is 19.1. The maximum Gasteiger partial charge on any atom is 0.317 e. The number of aromatic nitrogens is 3. The van der Waals surface area contributed by atoms with E-state index in [9.17, 15) is 9.18 Å². The van der Waals surface area contributed by atoms with Gasteiger partial charge in [-0.25, -0.2) is 18.9 Å². The Hall–Kier alpha value is -3.46. The zero-order chi connectivity index (χ0) is 22.5. The standard InChI is InChI=1S/C23H27FN6O2/c1-17(18-3-6-21(7-4-18)30-16-25-15-26-30)27-23(31)29-11-9-28(10-12-29)14-19-13-20(24)5-8-22(19)32-2/h3-8,13,15-17H,9-12,14H2,1-2H3,(H,27,31). The molecule has 3 aromatic rings. The van der Waals surface area contributed by atoms with Gasteiger partial charge in [0.15, 0.2) is 0 Å². The molecule has 0 aliphatic carbocycles. The number of hydrogen-bond donors (Lipinski definition) is 1. The van der Waals surface area contributed by atoms with Gasteiger partial charge >= 0.3 is 6.03 Å². The molecule has 1 aromatic heterocycles. The van der Waals surface area contributed by atoms with Gasteiger partial charge in [-0.15, -0.1) is 0 Å². The molecule has 1 N–H and O–H groups in total. The minimum atomic E-state index is -0.276. The molecule has 32 heavy (non-hydrogen) atoms. The third-order valence-corrected chi connectivity index (χ3v) is 5.71. The van der Waals surface area contributed by atoms with Crippen LogP contribution in [0.4, 0.5) is 9.18 Å². The highest BCUT2D eigenvalue weighted by molar-refractivity contribution is 5.74. The monoisotopic (exact) mass is 438 g/mol. The van der Waals surface area contributed by atoms with Crippen molar-refractivity contribution in [2.45, 2.75) is 19.5 Å². The second kappa shape index (κ2) is 9.78. The number of nitrogens with zero attached hydrogens (tertiary/aromatic N) is 5. The van der Waals surface area contributed by atoms with E-state index >= 15 is 0 Å². The van der Waals surface area contributed by atoms with E-state index in [0.29, 0.717) is 38.5 Å². The van der Waals surface area contributed by atoms with Gasteiger partial charge in [0.05, 0.1) is 18.8 Å². The average Bonchev–Trinajstić information content (AvgIpc) is 3.35. The number of carbonyl (C=O) groups excluding carboxylic acids is 1. The van der Waals surface area contributed by atoms with Crippen molar-refractivity contribution in [2.75, 3.05) is 33.3 Å². The van der Waals surface area contributed by atoms with E-state index in [2.05, 4.69) is 20.3 Å². The summed E-state index contributed by atoms with van der Waals surface area (Å²) in [5.74, 6) is 0.400. The van der Waals surface area contributed by atoms with Crippen molar-refractivity contribution >= 4 is 6.03 Å². The van der Waals surface area contributed by atoms with Crippen LogP contribution in [-0.2, 0) is 6.54 Å². The van der Waals surface area contributed by atoms with E-state index in [4.69, 9.17) is 4.74 Å². The second-order valence-corrected chi connectivity index (χ2v) is 7.82. The molecule has 1 aliphatic heterocycles. The summed E-state index contributed by atoms with van der Waals surface area (Å²) < 4.78 is 20.6. The van der Waals surface area contributed by atoms with Crippen LogP contribution in [-0.4, -0.2) is 63.9 Å². The fourth-order valence-corrected chi connectivity index (χ4v) is 3.84. The SMILES string of the molecule is COc1ccc(F)cc1CN1CCN(C(=O)NC(C)c2ccc(-n3cncn3)cc2)CC1. The first-order chi connectivity index (χ1) is 15.5. The first-order valence-corrected chi connectivity index (χ1v) is 10.6. The number of nitrogens with one attached hydrogen (secondary N) is 1. The van der Waals surface area contributed by atoms with Gasteiger partial charge in [-0.2, -0.15) is 5.10 Å². The Bertz CT molecular complexity index is 1030. The number of amides is 2. The van der Waals surface area contributed by atoms with Crippen LogP contribution in [0.3, 0.4) is 0 Å². The molecule has 8 nitrogen and oxygen atoms in total. The van der Waals surface area contributed by atoms with Crippen molar-refractivity contribution in [1.29, 1.82) is 0 Å². The summed E-state index contributed by atoms with van der Waals surface area (Å²) in [7, 11) is 1.59. The Kier molecular flexibility index (Phi) is 6.65. The van der Waals surface area contributed by atoms with Crippen molar-refractivity contribution < 1.29 is 13.9 Å². The van der Waals surface area contributed by atoms with E-state index < -0.39 is 0 Å². The highest BCUT2D eigenvalue weighted by Gasteiger charge is 2.23. The number of urea groups is 1. The Morgan fingerprint density at radius 3 is 2.56 bits per heavy atom. The molecule has 0 bridgehead atoms. The van der Waals surface area contributed by atoms with Crippen molar-refractivity contribution in [2.24, 2.45) is 0 Å². The molecule has 2 aromatic carbocycles. The lowest BCUT2D eigenvalue weighted by molar-refractivity contribution is 0.133. The number of halogens is 1. The number of rotatable bonds is 6. The molecular weight excluding hydrogens is 411 g/mol. The number of benzene rings is 2. The molecule has 1 fully saturated rings. The molecule has 2 amide bonds. The van der Waals surface area contributed by atoms with E-state index in [1.165, 1.54) is 18.5 Å². The second-order valence-electron chi connectivity index (χ2n) is 7.82. The highest BCUT2D eigenvalue weighted by Crippen LogP contribution is 2.22. The summed E-state index contributed by atoms with van der Waals surface area (Å²) in [5.41, 5.74) is 2.74. The van der Waals surface area contributed by atoms with Gasteiger partial charge in [0.25, 0.3) is 0 Å². The summed E-state index contributed by atoms with van der Waals surface area (Å²) in [6.45, 7) is 5.21. The Morgan fingerprint density at radius 2 is 1.91 bits per heavy atom. The maximum atomic E-state index is 13.6. The number of ether oxygens (including phenoxy) is 1. The van der Waals surface area contributed by atoms with Crippen molar-refractivity contribution in [1.82, 2.24) is 29.9 Å². The molecule has 2 heterocycles. The quantitative estimate of drug-likeness (QED) is 0.640. The third-order valence-electron chi connectivity index (χ3n) is 5.71. The smallest absolute Gasteiger partial charge is 0.317 e. The zero-order valence-corrected chi connectivity index (χ0v) is 18.2. The fourth-order valence-electron chi connectivity index (χ4n) is 3.84. The topological polar surface area (TPSA) is 75.5 Å². The van der Waals surface area contributed by atoms with Gasteiger partial charge in [0.2, 0.25) is 0 Å². The first-order valence-electron chi connectivity index (χ1n) is 10.6. The van der Waals surface area contributed by atoms with Gasteiger partial charge in [0.1, 0.15) is 24.2 Å². The van der Waals surface area contributed by atoms with Gasteiger partial charge in [-0.05, 0) is 42.8 Å². The normalized spacial score (nSPS) is 15.4. The van der Waals surface area contributed by atoms with Crippen molar-refractivity contribution in [3.8, 4) is 11.4 Å². The molecule has 4 rings (SSSR count). The number of hydrogen-bond acceptors (Lipinski definition) is 5. The van der Waals surface area contributed by atoms with Gasteiger partial charge < -0.3 is 15.0 Å². The number of methoxy groups -OCH3 is 1. The summed E-state index contributed by atoms with van der Waals surface area (Å²) in [4.78, 5) is 20.7. The van der Waals surface area contributed by atoms with Crippen molar-refractivity contribution in [3.63, 3.8) is 0 Å². The average molecular weight is 439 g/mol. The van der Waals surface area contributed by atoms with Gasteiger partial charge in [-0.1, -0.05) is 12.1 Å². The molecule has 168 valence electrons. The van der Waals surface area contributed by atoms with Gasteiger partial charge in [-0.3, -0.25) is 4.90 Å². The van der Waals surface area contributed by atoms with Crippen LogP contribution in [0.5, 0.6) is 5.75 Å². The Balaban J connectivity index is 1.28. The predicted molar refractivity (Wildman–Crippen MR) is 118 cm³/mol. The lowest BCUT2D eigenvalue weighted by Gasteiger charge is -2.35. The third kappa shape index (κ3) is 5.05. The van der Waals surface area contributed by atoms with Crippen LogP contribution in [0.25, 0.3) is 5.69 Å². The molecule has 0 spiro atoms. The van der Waals surface area contributed by atoms with Crippen molar-refractivity contribution in [3.05, 3.63) is 72.1 Å². The molecule has 1 aliphatic rings. The first kappa shape index (κ1) is 21.8. The molecule has 0 saturated carbocycles. The Morgan fingerprint density at radius 1 is 1.16 bits per heavy atom. The van der Waals surface area contributed by atoms with E-state index in [1.807, 2.05) is 36.1 Å². The number of carbonyl (C=O) groups is 1. The van der Waals surface area contributed by atoms with E-state index in [0.717, 1.165) is 16.8 Å². The lowest BCUT2D eigenvalue weighted by Crippen LogP contribution is -2.51. The number of piperazine rings is 1. The molecular formula is C23H27FN6O2. The van der Waals surface area contributed by atoms with E-state index in [-0.39, 0.29) is 17.9 Å². The summed E-state index contributed by atoms with van der Waals surface area (Å²) in [6, 6.07) is 12.2. The van der Waals surface area contributed by atoms with Crippen LogP contribution in [0.15, 0.2) is 55.1 Å². The fraction of sp³-hybridized carbons (Fsp3) is 0.348. The molecule has 0 radical (unpaired) electrons. The molecule has 9 heteroatoms. The zero-order valence-electron chi connectivity index (χ0n) is 18.2. The predicted octanol–water partition coefficient (Wildman–Crippen LogP) is 3.00. The summed E-state index contributed by atoms with van der Waals surface area (Å²) in [6.07, 6.45) is 3.13. The van der Waals surface area contributed by atoms with Crippen LogP contribution in [0.1, 0.15) is 24.1 Å².